The Balaban J connectivity index is 1.40. The zero-order chi connectivity index (χ0) is 25.6. The number of carbonyl (C=O) groups excluding carboxylic acids is 1. The quantitative estimate of drug-likeness (QED) is 0.478. The van der Waals surface area contributed by atoms with Crippen LogP contribution < -0.4 is 0 Å². The van der Waals surface area contributed by atoms with E-state index in [0.29, 0.717) is 19.6 Å². The molecule has 0 saturated carbocycles. The normalized spacial score (nSPS) is 34.2. The number of ketones is 1. The summed E-state index contributed by atoms with van der Waals surface area (Å²) in [7, 11) is 1.68. The summed E-state index contributed by atoms with van der Waals surface area (Å²) in [5.74, 6) is 0.0174. The van der Waals surface area contributed by atoms with E-state index in [1.165, 1.54) is 0 Å². The van der Waals surface area contributed by atoms with Crippen LogP contribution in [0, 0.1) is 11.3 Å². The lowest BCUT2D eigenvalue weighted by molar-refractivity contribution is -0.152. The number of hydrogen-bond acceptors (Lipinski definition) is 5. The Morgan fingerprint density at radius 2 is 1.51 bits per heavy atom. The molecule has 5 heteroatoms. The van der Waals surface area contributed by atoms with Gasteiger partial charge in [0.25, 0.3) is 0 Å². The Hall–Kier alpha value is -2.31. The minimum absolute atomic E-state index is 0.0763. The summed E-state index contributed by atoms with van der Waals surface area (Å²) in [5.41, 5.74) is 3.34. The molecule has 0 amide bonds. The first kappa shape index (κ1) is 25.0. The number of rotatable bonds is 7. The molecule has 0 radical (unpaired) electrons. The fraction of sp³-hybridized carbons (Fsp3) is 0.531. The average molecular weight is 503 g/mol. The molecule has 0 N–H and O–H groups in total. The molecule has 2 heterocycles. The summed E-state index contributed by atoms with van der Waals surface area (Å²) in [6.45, 7) is 5.46. The van der Waals surface area contributed by atoms with Crippen LogP contribution in [0.2, 0.25) is 0 Å². The number of methoxy groups -OCH3 is 1. The highest BCUT2D eigenvalue weighted by molar-refractivity contribution is 6.01. The summed E-state index contributed by atoms with van der Waals surface area (Å²) in [6, 6.07) is 20.6. The van der Waals surface area contributed by atoms with Gasteiger partial charge in [0.15, 0.2) is 5.78 Å². The fourth-order valence-electron chi connectivity index (χ4n) is 7.68. The highest BCUT2D eigenvalue weighted by Gasteiger charge is 2.74. The van der Waals surface area contributed by atoms with E-state index >= 15 is 0 Å². The number of hydrogen-bond donors (Lipinski definition) is 0. The van der Waals surface area contributed by atoms with E-state index in [4.69, 9.17) is 18.9 Å². The van der Waals surface area contributed by atoms with Crippen molar-refractivity contribution in [1.82, 2.24) is 0 Å². The van der Waals surface area contributed by atoms with E-state index in [0.717, 1.165) is 48.0 Å². The molecule has 2 saturated heterocycles. The maximum absolute atomic E-state index is 14.0. The highest BCUT2D eigenvalue weighted by Crippen LogP contribution is 2.64. The zero-order valence-electron chi connectivity index (χ0n) is 22.2. The number of benzene rings is 2. The smallest absolute Gasteiger partial charge is 0.187 e. The molecule has 6 rings (SSSR count). The van der Waals surface area contributed by atoms with Crippen LogP contribution in [0.15, 0.2) is 71.8 Å². The van der Waals surface area contributed by atoms with Crippen LogP contribution in [0.25, 0.3) is 0 Å². The van der Waals surface area contributed by atoms with Gasteiger partial charge in [0.1, 0.15) is 17.8 Å². The SMILES string of the molecule is COC1C(=O)C2=C(CCCC2)[C@H](OCc2ccccc2)[C@@]23C[C@@H](OCc4ccccc4)[C@H](O2)C(C)(C)C13. The topological polar surface area (TPSA) is 54.0 Å². The van der Waals surface area contributed by atoms with Gasteiger partial charge in [0.05, 0.1) is 25.4 Å². The van der Waals surface area contributed by atoms with Crippen molar-refractivity contribution in [1.29, 1.82) is 0 Å². The van der Waals surface area contributed by atoms with Gasteiger partial charge >= 0.3 is 0 Å². The first-order valence-electron chi connectivity index (χ1n) is 13.7. The Labute approximate surface area is 220 Å². The summed E-state index contributed by atoms with van der Waals surface area (Å²) in [4.78, 5) is 14.0. The molecule has 2 bridgehead atoms. The maximum Gasteiger partial charge on any atom is 0.187 e. The minimum atomic E-state index is -0.672. The van der Waals surface area contributed by atoms with Gasteiger partial charge in [-0.1, -0.05) is 74.5 Å². The molecular weight excluding hydrogens is 464 g/mol. The predicted octanol–water partition coefficient (Wildman–Crippen LogP) is 5.81. The third kappa shape index (κ3) is 4.11. The minimum Gasteiger partial charge on any atom is -0.373 e. The lowest BCUT2D eigenvalue weighted by Crippen LogP contribution is -2.59. The first-order chi connectivity index (χ1) is 18.0. The van der Waals surface area contributed by atoms with E-state index in [-0.39, 0.29) is 35.4 Å². The largest absolute Gasteiger partial charge is 0.373 e. The summed E-state index contributed by atoms with van der Waals surface area (Å²) in [6.07, 6.45) is 3.40. The molecule has 4 aliphatic rings. The van der Waals surface area contributed by atoms with E-state index in [1.807, 2.05) is 36.4 Å². The average Bonchev–Trinajstić information content (AvgIpc) is 3.38. The van der Waals surface area contributed by atoms with Crippen molar-refractivity contribution in [2.24, 2.45) is 11.3 Å². The van der Waals surface area contributed by atoms with Gasteiger partial charge in [-0.2, -0.15) is 0 Å². The van der Waals surface area contributed by atoms with Crippen molar-refractivity contribution < 1.29 is 23.7 Å². The summed E-state index contributed by atoms with van der Waals surface area (Å²) in [5, 5.41) is 0. The van der Waals surface area contributed by atoms with Crippen LogP contribution in [0.4, 0.5) is 0 Å². The second-order valence-corrected chi connectivity index (χ2v) is 11.7. The lowest BCUT2D eigenvalue weighted by atomic mass is 9.58. The molecule has 2 aromatic rings. The van der Waals surface area contributed by atoms with E-state index in [1.54, 1.807) is 7.11 Å². The Morgan fingerprint density at radius 3 is 2.16 bits per heavy atom. The molecule has 0 aromatic heterocycles. The van der Waals surface area contributed by atoms with Crippen LogP contribution in [-0.4, -0.2) is 42.9 Å². The second-order valence-electron chi connectivity index (χ2n) is 11.7. The molecule has 2 fully saturated rings. The third-order valence-corrected chi connectivity index (χ3v) is 9.22. The molecule has 5 nitrogen and oxygen atoms in total. The number of Topliss-reactive ketones (excluding diaryl/α,β-unsaturated/α-hetero) is 1. The first-order valence-corrected chi connectivity index (χ1v) is 13.7. The second kappa shape index (κ2) is 9.77. The maximum atomic E-state index is 14.0. The van der Waals surface area contributed by atoms with Gasteiger partial charge < -0.3 is 18.9 Å². The van der Waals surface area contributed by atoms with Crippen molar-refractivity contribution in [2.75, 3.05) is 7.11 Å². The molecule has 196 valence electrons. The van der Waals surface area contributed by atoms with Crippen LogP contribution in [0.3, 0.4) is 0 Å². The fourth-order valence-corrected chi connectivity index (χ4v) is 7.68. The number of fused-ring (bicyclic) bond motifs is 1. The summed E-state index contributed by atoms with van der Waals surface area (Å²) >= 11 is 0. The molecular formula is C32H38O5. The van der Waals surface area contributed by atoms with Crippen molar-refractivity contribution in [3.05, 3.63) is 82.9 Å². The molecule has 2 unspecified atom stereocenters. The van der Waals surface area contributed by atoms with Crippen molar-refractivity contribution in [3.63, 3.8) is 0 Å². The van der Waals surface area contributed by atoms with Crippen LogP contribution in [0.1, 0.15) is 57.1 Å². The zero-order valence-corrected chi connectivity index (χ0v) is 22.2. The number of carbonyl (C=O) groups is 1. The Bertz CT molecular complexity index is 1160. The van der Waals surface area contributed by atoms with Crippen molar-refractivity contribution >= 4 is 5.78 Å². The van der Waals surface area contributed by atoms with Gasteiger partial charge in [0, 0.05) is 24.9 Å². The Kier molecular flexibility index (Phi) is 6.60. The molecule has 6 atom stereocenters. The van der Waals surface area contributed by atoms with Gasteiger partial charge in [-0.3, -0.25) is 4.79 Å². The molecule has 2 aliphatic carbocycles. The van der Waals surface area contributed by atoms with Gasteiger partial charge in [-0.05, 0) is 48.0 Å². The van der Waals surface area contributed by atoms with E-state index in [2.05, 4.69) is 38.1 Å². The Morgan fingerprint density at radius 1 is 0.892 bits per heavy atom. The van der Waals surface area contributed by atoms with Gasteiger partial charge in [-0.25, -0.2) is 0 Å². The molecule has 37 heavy (non-hydrogen) atoms. The predicted molar refractivity (Wildman–Crippen MR) is 141 cm³/mol. The van der Waals surface area contributed by atoms with Crippen LogP contribution >= 0.6 is 0 Å². The molecule has 2 aromatic carbocycles. The number of ether oxygens (including phenoxy) is 4. The van der Waals surface area contributed by atoms with Gasteiger partial charge in [-0.15, -0.1) is 0 Å². The lowest BCUT2D eigenvalue weighted by Gasteiger charge is -2.47. The highest BCUT2D eigenvalue weighted by atomic mass is 16.6. The van der Waals surface area contributed by atoms with Gasteiger partial charge in [0.2, 0.25) is 0 Å². The molecule has 2 aliphatic heterocycles. The standard InChI is InChI=1S/C32H38O5/c1-31(2)28-27(34-3)26(33)23-16-10-11-17-24(23)29(36-20-22-14-8-5-9-15-22)32(28)18-25(30(31)37-32)35-19-21-12-6-4-7-13-21/h4-9,12-15,25,27-30H,10-11,16-20H2,1-3H3/t25-,27?,28?,29+,30+,32+/m1/s1. The molecule has 1 spiro atoms. The monoisotopic (exact) mass is 502 g/mol. The van der Waals surface area contributed by atoms with Crippen LogP contribution in [-0.2, 0) is 37.0 Å². The third-order valence-electron chi connectivity index (χ3n) is 9.22. The summed E-state index contributed by atoms with van der Waals surface area (Å²) < 4.78 is 26.5. The van der Waals surface area contributed by atoms with Crippen molar-refractivity contribution in [3.8, 4) is 0 Å². The van der Waals surface area contributed by atoms with E-state index in [9.17, 15) is 4.79 Å². The van der Waals surface area contributed by atoms with Crippen molar-refractivity contribution in [2.45, 2.75) is 89.2 Å². The van der Waals surface area contributed by atoms with E-state index < -0.39 is 11.7 Å². The van der Waals surface area contributed by atoms with Crippen LogP contribution in [0.5, 0.6) is 0 Å².